The number of Topliss-reactive ketones (excluding diaryl/α,β-unsaturated/α-hetero) is 1. The van der Waals surface area contributed by atoms with E-state index in [4.69, 9.17) is 0 Å². The Balaban J connectivity index is 2.07. The molecule has 0 radical (unpaired) electrons. The summed E-state index contributed by atoms with van der Waals surface area (Å²) in [6, 6.07) is 2.05. The van der Waals surface area contributed by atoms with Crippen LogP contribution in [0.5, 0.6) is 0 Å². The van der Waals surface area contributed by atoms with Crippen LogP contribution in [0.1, 0.15) is 11.4 Å². The van der Waals surface area contributed by atoms with E-state index in [-0.39, 0.29) is 5.92 Å². The second-order valence-electron chi connectivity index (χ2n) is 3.90. The van der Waals surface area contributed by atoms with Crippen LogP contribution >= 0.6 is 0 Å². The van der Waals surface area contributed by atoms with E-state index in [9.17, 15) is 4.79 Å². The molecule has 1 saturated heterocycles. The number of rotatable bonds is 2. The number of nitrogens with one attached hydrogen (secondary N) is 1. The molecule has 1 aromatic heterocycles. The van der Waals surface area contributed by atoms with Gasteiger partial charge in [-0.05, 0) is 13.0 Å². The maximum absolute atomic E-state index is 11.4. The topological polar surface area (TPSA) is 46.9 Å². The van der Waals surface area contributed by atoms with Crippen LogP contribution in [0.2, 0.25) is 0 Å². The lowest BCUT2D eigenvalue weighted by molar-refractivity contribution is -0.119. The molecule has 0 bridgehead atoms. The van der Waals surface area contributed by atoms with Crippen molar-refractivity contribution >= 4 is 5.78 Å². The molecule has 1 aliphatic heterocycles. The van der Waals surface area contributed by atoms with Crippen LogP contribution in [-0.4, -0.2) is 28.7 Å². The number of carbonyl (C=O) groups excluding carboxylic acids is 1. The maximum atomic E-state index is 11.4. The fourth-order valence-corrected chi connectivity index (χ4v) is 1.80. The van der Waals surface area contributed by atoms with Crippen LogP contribution in [0.4, 0.5) is 0 Å². The zero-order valence-electron chi connectivity index (χ0n) is 8.58. The van der Waals surface area contributed by atoms with Crippen LogP contribution in [0.25, 0.3) is 0 Å². The molecule has 0 amide bonds. The molecule has 1 atom stereocenters. The summed E-state index contributed by atoms with van der Waals surface area (Å²) >= 11 is 0. The van der Waals surface area contributed by atoms with Crippen molar-refractivity contribution in [3.8, 4) is 0 Å². The third kappa shape index (κ3) is 1.70. The predicted molar refractivity (Wildman–Crippen MR) is 53.0 cm³/mol. The maximum Gasteiger partial charge on any atom is 0.151 e. The van der Waals surface area contributed by atoms with E-state index in [1.54, 1.807) is 0 Å². The number of carbonyl (C=O) groups is 1. The molecule has 2 heterocycles. The molecule has 76 valence electrons. The summed E-state index contributed by atoms with van der Waals surface area (Å²) in [4.78, 5) is 11.4. The summed E-state index contributed by atoms with van der Waals surface area (Å²) in [6.45, 7) is 3.34. The first-order valence-corrected chi connectivity index (χ1v) is 4.90. The highest BCUT2D eigenvalue weighted by atomic mass is 16.1. The Kier molecular flexibility index (Phi) is 2.37. The monoisotopic (exact) mass is 193 g/mol. The van der Waals surface area contributed by atoms with Crippen LogP contribution in [0.15, 0.2) is 6.07 Å². The summed E-state index contributed by atoms with van der Waals surface area (Å²) in [7, 11) is 1.92. The number of aromatic nitrogens is 2. The molecule has 0 spiro atoms. The average Bonchev–Trinajstić information content (AvgIpc) is 2.63. The minimum atomic E-state index is 0.129. The first-order valence-electron chi connectivity index (χ1n) is 4.90. The van der Waals surface area contributed by atoms with E-state index in [0.29, 0.717) is 12.3 Å². The van der Waals surface area contributed by atoms with Gasteiger partial charge in [-0.15, -0.1) is 0 Å². The Hall–Kier alpha value is -1.16. The molecule has 0 aromatic carbocycles. The van der Waals surface area contributed by atoms with Crippen LogP contribution < -0.4 is 5.32 Å². The van der Waals surface area contributed by atoms with Crippen LogP contribution in [0, 0.1) is 12.8 Å². The van der Waals surface area contributed by atoms with Crippen molar-refractivity contribution in [1.82, 2.24) is 15.1 Å². The van der Waals surface area contributed by atoms with Crippen molar-refractivity contribution < 1.29 is 4.79 Å². The van der Waals surface area contributed by atoms with Crippen LogP contribution in [-0.2, 0) is 18.3 Å². The lowest BCUT2D eigenvalue weighted by Gasteiger charge is -2.02. The zero-order chi connectivity index (χ0) is 10.1. The fraction of sp³-hybridized carbons (Fsp3) is 0.600. The van der Waals surface area contributed by atoms with Crippen molar-refractivity contribution in [3.05, 3.63) is 17.5 Å². The number of nitrogens with zero attached hydrogens (tertiary/aromatic N) is 2. The fourth-order valence-electron chi connectivity index (χ4n) is 1.80. The van der Waals surface area contributed by atoms with Gasteiger partial charge in [0.15, 0.2) is 5.78 Å². The van der Waals surface area contributed by atoms with Crippen LogP contribution in [0.3, 0.4) is 0 Å². The highest BCUT2D eigenvalue weighted by molar-refractivity contribution is 5.85. The molecular weight excluding hydrogens is 178 g/mol. The molecule has 0 saturated carbocycles. The van der Waals surface area contributed by atoms with Gasteiger partial charge < -0.3 is 5.32 Å². The average molecular weight is 193 g/mol. The second-order valence-corrected chi connectivity index (χ2v) is 3.90. The lowest BCUT2D eigenvalue weighted by Crippen LogP contribution is -2.14. The van der Waals surface area contributed by atoms with Gasteiger partial charge in [0.1, 0.15) is 0 Å². The standard InChI is InChI=1S/C10H15N3O/c1-7-3-9(12-13(7)2)4-8-5-11-6-10(8)14/h3,8,11H,4-6H2,1-2H3. The SMILES string of the molecule is Cc1cc(CC2CNCC2=O)nn1C. The van der Waals surface area contributed by atoms with Crippen molar-refractivity contribution in [1.29, 1.82) is 0 Å². The minimum Gasteiger partial charge on any atom is -0.309 e. The van der Waals surface area contributed by atoms with E-state index in [0.717, 1.165) is 24.4 Å². The van der Waals surface area contributed by atoms with E-state index in [1.165, 1.54) is 0 Å². The summed E-state index contributed by atoms with van der Waals surface area (Å²) in [6.07, 6.45) is 0.771. The highest BCUT2D eigenvalue weighted by Crippen LogP contribution is 2.12. The van der Waals surface area contributed by atoms with E-state index >= 15 is 0 Å². The summed E-state index contributed by atoms with van der Waals surface area (Å²) in [5.74, 6) is 0.442. The Labute approximate surface area is 83.3 Å². The van der Waals surface area contributed by atoms with Gasteiger partial charge in [-0.3, -0.25) is 9.48 Å². The molecule has 2 rings (SSSR count). The van der Waals surface area contributed by atoms with Gasteiger partial charge in [-0.1, -0.05) is 0 Å². The van der Waals surface area contributed by atoms with Gasteiger partial charge in [0.2, 0.25) is 0 Å². The van der Waals surface area contributed by atoms with Gasteiger partial charge in [-0.25, -0.2) is 0 Å². The first kappa shape index (κ1) is 9.40. The number of aryl methyl sites for hydroxylation is 2. The Bertz CT molecular complexity index is 337. The smallest absolute Gasteiger partial charge is 0.151 e. The molecule has 14 heavy (non-hydrogen) atoms. The van der Waals surface area contributed by atoms with Gasteiger partial charge >= 0.3 is 0 Å². The molecule has 1 aliphatic rings. The normalized spacial score (nSPS) is 21.9. The quantitative estimate of drug-likeness (QED) is 0.722. The number of ketones is 1. The zero-order valence-corrected chi connectivity index (χ0v) is 8.58. The van der Waals surface area contributed by atoms with Gasteiger partial charge in [0, 0.05) is 31.6 Å². The number of hydrogen-bond acceptors (Lipinski definition) is 3. The number of hydrogen-bond donors (Lipinski definition) is 1. The van der Waals surface area contributed by atoms with Gasteiger partial charge in [-0.2, -0.15) is 5.10 Å². The molecule has 1 N–H and O–H groups in total. The molecular formula is C10H15N3O. The predicted octanol–water partition coefficient (Wildman–Crippen LogP) is 0.0595. The molecule has 1 fully saturated rings. The molecule has 0 aliphatic carbocycles. The van der Waals surface area contributed by atoms with Crippen molar-refractivity contribution in [2.75, 3.05) is 13.1 Å². The summed E-state index contributed by atoms with van der Waals surface area (Å²) in [5.41, 5.74) is 2.16. The molecule has 4 nitrogen and oxygen atoms in total. The van der Waals surface area contributed by atoms with E-state index in [2.05, 4.69) is 10.4 Å². The van der Waals surface area contributed by atoms with E-state index in [1.807, 2.05) is 24.7 Å². The lowest BCUT2D eigenvalue weighted by atomic mass is 10.0. The molecule has 1 unspecified atom stereocenters. The highest BCUT2D eigenvalue weighted by Gasteiger charge is 2.24. The summed E-state index contributed by atoms with van der Waals surface area (Å²) < 4.78 is 1.85. The van der Waals surface area contributed by atoms with Crippen molar-refractivity contribution in [3.63, 3.8) is 0 Å². The largest absolute Gasteiger partial charge is 0.309 e. The third-order valence-corrected chi connectivity index (χ3v) is 2.77. The third-order valence-electron chi connectivity index (χ3n) is 2.77. The first-order chi connectivity index (χ1) is 6.66. The summed E-state index contributed by atoms with van der Waals surface area (Å²) in [5, 5.41) is 7.42. The Morgan fingerprint density at radius 3 is 3.00 bits per heavy atom. The molecule has 1 aromatic rings. The molecule has 4 heteroatoms. The van der Waals surface area contributed by atoms with Crippen molar-refractivity contribution in [2.45, 2.75) is 13.3 Å². The van der Waals surface area contributed by atoms with E-state index < -0.39 is 0 Å². The minimum absolute atomic E-state index is 0.129. The Morgan fingerprint density at radius 2 is 2.50 bits per heavy atom. The second kappa shape index (κ2) is 3.53. The van der Waals surface area contributed by atoms with Crippen molar-refractivity contribution in [2.24, 2.45) is 13.0 Å². The van der Waals surface area contributed by atoms with Gasteiger partial charge in [0.25, 0.3) is 0 Å². The van der Waals surface area contributed by atoms with Gasteiger partial charge in [0.05, 0.1) is 12.2 Å². The Morgan fingerprint density at radius 1 is 1.71 bits per heavy atom.